The normalized spacial score (nSPS) is 13.2. The molecule has 1 aromatic carbocycles. The lowest BCUT2D eigenvalue weighted by molar-refractivity contribution is 0.588. The fourth-order valence-electron chi connectivity index (χ4n) is 1.73. The standard InChI is InChI=1S/C13H15BrN2O2S2/c1-9(12-7-8-13(14)19-12)16-10-3-5-11(6-4-10)20(17,18)15-2/h3-9,15-16H,1-2H3. The molecule has 2 aromatic rings. The van der Waals surface area contributed by atoms with Crippen LogP contribution >= 0.6 is 27.3 Å². The van der Waals surface area contributed by atoms with Crippen molar-refractivity contribution < 1.29 is 8.42 Å². The van der Waals surface area contributed by atoms with Crippen molar-refractivity contribution in [2.75, 3.05) is 12.4 Å². The predicted molar refractivity (Wildman–Crippen MR) is 86.7 cm³/mol. The molecule has 20 heavy (non-hydrogen) atoms. The lowest BCUT2D eigenvalue weighted by atomic mass is 10.2. The van der Waals surface area contributed by atoms with Crippen molar-refractivity contribution in [2.45, 2.75) is 17.9 Å². The van der Waals surface area contributed by atoms with Crippen LogP contribution in [0.25, 0.3) is 0 Å². The van der Waals surface area contributed by atoms with Crippen LogP contribution in [-0.4, -0.2) is 15.5 Å². The van der Waals surface area contributed by atoms with Crippen LogP contribution in [0.5, 0.6) is 0 Å². The summed E-state index contributed by atoms with van der Waals surface area (Å²) in [6.45, 7) is 2.07. The second-order valence-electron chi connectivity index (χ2n) is 4.24. The smallest absolute Gasteiger partial charge is 0.240 e. The summed E-state index contributed by atoms with van der Waals surface area (Å²) in [6.07, 6.45) is 0. The number of anilines is 1. The molecule has 0 amide bonds. The summed E-state index contributed by atoms with van der Waals surface area (Å²) < 4.78 is 26.6. The summed E-state index contributed by atoms with van der Waals surface area (Å²) in [5.41, 5.74) is 0.886. The van der Waals surface area contributed by atoms with Gasteiger partial charge < -0.3 is 5.32 Å². The monoisotopic (exact) mass is 374 g/mol. The molecule has 0 spiro atoms. The van der Waals surface area contributed by atoms with E-state index in [4.69, 9.17) is 0 Å². The first-order valence-corrected chi connectivity index (χ1v) is 9.07. The summed E-state index contributed by atoms with van der Waals surface area (Å²) >= 11 is 5.12. The third-order valence-electron chi connectivity index (χ3n) is 2.84. The van der Waals surface area contributed by atoms with E-state index in [1.54, 1.807) is 35.6 Å². The zero-order valence-corrected chi connectivity index (χ0v) is 14.3. The Bertz CT molecular complexity index is 681. The van der Waals surface area contributed by atoms with Crippen molar-refractivity contribution >= 4 is 43.0 Å². The first-order valence-electron chi connectivity index (χ1n) is 5.98. The molecule has 7 heteroatoms. The van der Waals surface area contributed by atoms with Gasteiger partial charge in [-0.3, -0.25) is 0 Å². The van der Waals surface area contributed by atoms with Gasteiger partial charge in [0.05, 0.1) is 14.7 Å². The van der Waals surface area contributed by atoms with E-state index in [9.17, 15) is 8.42 Å². The van der Waals surface area contributed by atoms with E-state index >= 15 is 0 Å². The number of hydrogen-bond donors (Lipinski definition) is 2. The van der Waals surface area contributed by atoms with Crippen molar-refractivity contribution in [3.8, 4) is 0 Å². The van der Waals surface area contributed by atoms with E-state index in [2.05, 4.69) is 39.0 Å². The van der Waals surface area contributed by atoms with Gasteiger partial charge in [-0.1, -0.05) is 0 Å². The molecule has 1 heterocycles. The molecule has 4 nitrogen and oxygen atoms in total. The van der Waals surface area contributed by atoms with E-state index in [0.29, 0.717) is 0 Å². The molecule has 2 rings (SSSR count). The molecule has 0 radical (unpaired) electrons. The van der Waals surface area contributed by atoms with Crippen LogP contribution in [0.4, 0.5) is 5.69 Å². The summed E-state index contributed by atoms with van der Waals surface area (Å²) in [5, 5.41) is 3.34. The largest absolute Gasteiger partial charge is 0.378 e. The zero-order valence-electron chi connectivity index (χ0n) is 11.1. The number of nitrogens with one attached hydrogen (secondary N) is 2. The Labute approximate surface area is 131 Å². The van der Waals surface area contributed by atoms with E-state index < -0.39 is 10.0 Å². The Hall–Kier alpha value is -0.890. The zero-order chi connectivity index (χ0) is 14.8. The molecule has 1 aromatic heterocycles. The quantitative estimate of drug-likeness (QED) is 0.840. The van der Waals surface area contributed by atoms with Gasteiger partial charge in [0.25, 0.3) is 0 Å². The van der Waals surface area contributed by atoms with Crippen molar-refractivity contribution in [2.24, 2.45) is 0 Å². The van der Waals surface area contributed by atoms with Gasteiger partial charge in [0.15, 0.2) is 0 Å². The Kier molecular flexibility index (Phi) is 4.85. The highest BCUT2D eigenvalue weighted by atomic mass is 79.9. The molecular weight excluding hydrogens is 360 g/mol. The Balaban J connectivity index is 2.11. The summed E-state index contributed by atoms with van der Waals surface area (Å²) in [4.78, 5) is 1.47. The molecule has 108 valence electrons. The second-order valence-corrected chi connectivity index (χ2v) is 8.62. The fraction of sp³-hybridized carbons (Fsp3) is 0.231. The fourth-order valence-corrected chi connectivity index (χ4v) is 3.89. The average Bonchev–Trinajstić information content (AvgIpc) is 2.86. The van der Waals surface area contributed by atoms with Crippen molar-refractivity contribution in [3.05, 3.63) is 45.1 Å². The van der Waals surface area contributed by atoms with Gasteiger partial charge in [-0.2, -0.15) is 0 Å². The maximum absolute atomic E-state index is 11.6. The first kappa shape index (κ1) is 15.5. The minimum absolute atomic E-state index is 0.165. The highest BCUT2D eigenvalue weighted by molar-refractivity contribution is 9.11. The van der Waals surface area contributed by atoms with Crippen LogP contribution in [0.3, 0.4) is 0 Å². The summed E-state index contributed by atoms with van der Waals surface area (Å²) in [6, 6.07) is 11.0. The molecule has 1 unspecified atom stereocenters. The number of thiophene rings is 1. The lowest BCUT2D eigenvalue weighted by Gasteiger charge is -2.14. The van der Waals surface area contributed by atoms with Crippen molar-refractivity contribution in [3.63, 3.8) is 0 Å². The highest BCUT2D eigenvalue weighted by Gasteiger charge is 2.12. The highest BCUT2D eigenvalue weighted by Crippen LogP contribution is 2.29. The third kappa shape index (κ3) is 3.60. The van der Waals surface area contributed by atoms with E-state index in [0.717, 1.165) is 9.47 Å². The maximum atomic E-state index is 11.6. The predicted octanol–water partition coefficient (Wildman–Crippen LogP) is 3.59. The third-order valence-corrected chi connectivity index (χ3v) is 6.07. The topological polar surface area (TPSA) is 58.2 Å². The van der Waals surface area contributed by atoms with Crippen LogP contribution in [0, 0.1) is 0 Å². The van der Waals surface area contributed by atoms with Crippen LogP contribution in [0.15, 0.2) is 45.1 Å². The molecule has 1 atom stereocenters. The Morgan fingerprint density at radius 3 is 2.30 bits per heavy atom. The molecule has 0 fully saturated rings. The Morgan fingerprint density at radius 2 is 1.80 bits per heavy atom. The second kappa shape index (κ2) is 6.26. The molecule has 0 saturated heterocycles. The van der Waals surface area contributed by atoms with Gasteiger partial charge >= 0.3 is 0 Å². The van der Waals surface area contributed by atoms with E-state index in [1.165, 1.54) is 11.9 Å². The number of benzene rings is 1. The molecule has 0 aliphatic rings. The lowest BCUT2D eigenvalue weighted by Crippen LogP contribution is -2.18. The van der Waals surface area contributed by atoms with Crippen molar-refractivity contribution in [1.29, 1.82) is 0 Å². The van der Waals surface area contributed by atoms with Gasteiger partial charge in [0.2, 0.25) is 10.0 Å². The molecule has 2 N–H and O–H groups in total. The van der Waals surface area contributed by atoms with Crippen molar-refractivity contribution in [1.82, 2.24) is 4.72 Å². The van der Waals surface area contributed by atoms with Gasteiger partial charge in [-0.25, -0.2) is 13.1 Å². The van der Waals surface area contributed by atoms with Gasteiger partial charge in [0.1, 0.15) is 0 Å². The van der Waals surface area contributed by atoms with Gasteiger partial charge in [0, 0.05) is 10.6 Å². The molecule has 0 aliphatic carbocycles. The van der Waals surface area contributed by atoms with Crippen LogP contribution < -0.4 is 10.0 Å². The molecule has 0 saturated carbocycles. The average molecular weight is 375 g/mol. The van der Waals surface area contributed by atoms with Gasteiger partial charge in [-0.15, -0.1) is 11.3 Å². The number of hydrogen-bond acceptors (Lipinski definition) is 4. The SMILES string of the molecule is CNS(=O)(=O)c1ccc(NC(C)c2ccc(Br)s2)cc1. The number of halogens is 1. The van der Waals surface area contributed by atoms with E-state index in [-0.39, 0.29) is 10.9 Å². The van der Waals surface area contributed by atoms with Crippen LogP contribution in [0.2, 0.25) is 0 Å². The first-order chi connectivity index (χ1) is 9.42. The molecular formula is C13H15BrN2O2S2. The number of sulfonamides is 1. The molecule has 0 bridgehead atoms. The minimum atomic E-state index is -3.37. The summed E-state index contributed by atoms with van der Waals surface area (Å²) in [5.74, 6) is 0. The van der Waals surface area contributed by atoms with Gasteiger partial charge in [-0.05, 0) is 66.3 Å². The minimum Gasteiger partial charge on any atom is -0.378 e. The maximum Gasteiger partial charge on any atom is 0.240 e. The van der Waals surface area contributed by atoms with E-state index in [1.807, 2.05) is 6.07 Å². The Morgan fingerprint density at radius 1 is 1.15 bits per heavy atom. The summed E-state index contributed by atoms with van der Waals surface area (Å²) in [7, 11) is -1.97. The molecule has 0 aliphatic heterocycles. The van der Waals surface area contributed by atoms with Crippen LogP contribution in [0.1, 0.15) is 17.8 Å². The number of rotatable bonds is 5. The van der Waals surface area contributed by atoms with Crippen LogP contribution in [-0.2, 0) is 10.0 Å².